The molecular weight excluding hydrogens is 1010 g/mol. The van der Waals surface area contributed by atoms with Crippen molar-refractivity contribution in [1.29, 1.82) is 0 Å². The SMILES string of the molecule is CC(C)(C)OC(=O)NC(C(=O)O)c1cc(Cl)cc(Cl)c1.COC(=O)c1ccc([C@H](N)C2CC2)cc1.COC(=O)c1ccc([C@H](NC(=O)C(NC(=O)OC(C)(C)C)c2cc(Cl)cc(Cl)c2)C2CC2)cc1.Cl. The highest BCUT2D eigenvalue weighted by molar-refractivity contribution is 6.35. The molecule has 0 aromatic heterocycles. The molecule has 2 unspecified atom stereocenters. The van der Waals surface area contributed by atoms with E-state index >= 15 is 0 Å². The van der Waals surface area contributed by atoms with Crippen molar-refractivity contribution in [2.45, 2.75) is 103 Å². The molecule has 0 spiro atoms. The van der Waals surface area contributed by atoms with E-state index < -0.39 is 53.3 Å². The van der Waals surface area contributed by atoms with Gasteiger partial charge in [-0.25, -0.2) is 24.0 Å². The molecule has 0 heterocycles. The summed E-state index contributed by atoms with van der Waals surface area (Å²) in [6.07, 6.45) is 2.78. The number of hydrogen-bond donors (Lipinski definition) is 5. The van der Waals surface area contributed by atoms with Gasteiger partial charge in [0.25, 0.3) is 0 Å². The van der Waals surface area contributed by atoms with Crippen LogP contribution in [0.1, 0.15) is 134 Å². The fourth-order valence-corrected chi connectivity index (χ4v) is 7.78. The van der Waals surface area contributed by atoms with E-state index in [1.807, 2.05) is 12.1 Å². The molecule has 0 bridgehead atoms. The topological polar surface area (TPSA) is 222 Å². The van der Waals surface area contributed by atoms with Crippen LogP contribution in [0.3, 0.4) is 0 Å². The number of amides is 3. The lowest BCUT2D eigenvalue weighted by Gasteiger charge is -2.26. The first-order valence-electron chi connectivity index (χ1n) is 21.8. The van der Waals surface area contributed by atoms with Crippen LogP contribution in [-0.4, -0.2) is 66.5 Å². The summed E-state index contributed by atoms with van der Waals surface area (Å²) < 4.78 is 19.8. The maximum Gasteiger partial charge on any atom is 0.408 e. The molecule has 4 atom stereocenters. The summed E-state index contributed by atoms with van der Waals surface area (Å²) >= 11 is 24.0. The molecule has 0 radical (unpaired) electrons. The van der Waals surface area contributed by atoms with E-state index in [0.29, 0.717) is 32.7 Å². The smallest absolute Gasteiger partial charge is 0.408 e. The van der Waals surface area contributed by atoms with Crippen molar-refractivity contribution < 1.29 is 52.8 Å². The fraction of sp³-hybridized carbons (Fsp3) is 0.400. The second kappa shape index (κ2) is 26.2. The van der Waals surface area contributed by atoms with Crippen molar-refractivity contribution in [3.05, 3.63) is 138 Å². The van der Waals surface area contributed by atoms with E-state index in [1.54, 1.807) is 96.1 Å². The molecule has 2 fully saturated rings. The monoisotopic (exact) mass is 1070 g/mol. The van der Waals surface area contributed by atoms with Gasteiger partial charge in [-0.3, -0.25) is 4.79 Å². The van der Waals surface area contributed by atoms with Crippen molar-refractivity contribution in [1.82, 2.24) is 16.0 Å². The number of aliphatic carboxylic acids is 1. The van der Waals surface area contributed by atoms with Crippen LogP contribution in [0.5, 0.6) is 0 Å². The van der Waals surface area contributed by atoms with Crippen LogP contribution < -0.4 is 21.7 Å². The number of halogens is 5. The summed E-state index contributed by atoms with van der Waals surface area (Å²) in [6, 6.07) is 20.7. The average Bonchev–Trinajstić information content (AvgIpc) is 4.20. The molecule has 2 saturated carbocycles. The van der Waals surface area contributed by atoms with E-state index in [0.717, 1.165) is 24.0 Å². The molecule has 15 nitrogen and oxygen atoms in total. The van der Waals surface area contributed by atoms with E-state index in [-0.39, 0.29) is 52.0 Å². The lowest BCUT2D eigenvalue weighted by molar-refractivity contribution is -0.139. The van der Waals surface area contributed by atoms with Gasteiger partial charge in [-0.1, -0.05) is 70.7 Å². The third-order valence-corrected chi connectivity index (χ3v) is 11.1. The third kappa shape index (κ3) is 19.5. The highest BCUT2D eigenvalue weighted by atomic mass is 35.5. The largest absolute Gasteiger partial charge is 0.479 e. The zero-order valence-electron chi connectivity index (χ0n) is 39.9. The Balaban J connectivity index is 0.000000304. The molecule has 70 heavy (non-hydrogen) atoms. The van der Waals surface area contributed by atoms with Crippen molar-refractivity contribution >= 4 is 94.8 Å². The molecule has 4 aromatic rings. The molecule has 20 heteroatoms. The van der Waals surface area contributed by atoms with Crippen molar-refractivity contribution in [3.63, 3.8) is 0 Å². The van der Waals surface area contributed by atoms with E-state index in [9.17, 15) is 33.9 Å². The first-order valence-corrected chi connectivity index (χ1v) is 23.3. The first kappa shape index (κ1) is 59.0. The molecule has 0 aliphatic heterocycles. The average molecular weight is 1070 g/mol. The number of hydrogen-bond acceptors (Lipinski definition) is 11. The van der Waals surface area contributed by atoms with Crippen LogP contribution in [-0.2, 0) is 28.5 Å². The van der Waals surface area contributed by atoms with Crippen LogP contribution in [0.4, 0.5) is 9.59 Å². The molecular formula is C50H59Cl5N4O11. The highest BCUT2D eigenvalue weighted by Crippen LogP contribution is 2.42. The van der Waals surface area contributed by atoms with Crippen molar-refractivity contribution in [2.24, 2.45) is 17.6 Å². The first-order chi connectivity index (χ1) is 32.3. The van der Waals surface area contributed by atoms with Gasteiger partial charge in [-0.2, -0.15) is 0 Å². The number of alkyl carbamates (subject to hydrolysis) is 2. The van der Waals surface area contributed by atoms with Gasteiger partial charge in [-0.15, -0.1) is 12.4 Å². The van der Waals surface area contributed by atoms with E-state index in [2.05, 4.69) is 20.7 Å². The second-order valence-corrected chi connectivity index (χ2v) is 20.1. The number of carbonyl (C=O) groups is 6. The normalized spacial score (nSPS) is 14.6. The van der Waals surface area contributed by atoms with Gasteiger partial charge in [-0.05, 0) is 162 Å². The van der Waals surface area contributed by atoms with E-state index in [4.69, 9.17) is 66.3 Å². The Morgan fingerprint density at radius 3 is 1.26 bits per heavy atom. The number of carbonyl (C=O) groups excluding carboxylic acids is 5. The van der Waals surface area contributed by atoms with Crippen molar-refractivity contribution in [3.8, 4) is 0 Å². The number of methoxy groups -OCH3 is 2. The van der Waals surface area contributed by atoms with Gasteiger partial charge in [0.15, 0.2) is 6.04 Å². The lowest BCUT2D eigenvalue weighted by Crippen LogP contribution is -2.44. The van der Waals surface area contributed by atoms with Gasteiger partial charge >= 0.3 is 30.1 Å². The third-order valence-electron chi connectivity index (χ3n) is 10.2. The predicted octanol–water partition coefficient (Wildman–Crippen LogP) is 11.6. The zero-order chi connectivity index (χ0) is 51.4. The number of nitrogens with one attached hydrogen (secondary N) is 3. The predicted molar refractivity (Wildman–Crippen MR) is 271 cm³/mol. The van der Waals surface area contributed by atoms with Gasteiger partial charge in [0.2, 0.25) is 5.91 Å². The van der Waals surface area contributed by atoms with Crippen LogP contribution >= 0.6 is 58.8 Å². The van der Waals surface area contributed by atoms with Gasteiger partial charge in [0.1, 0.15) is 17.2 Å². The Morgan fingerprint density at radius 1 is 0.557 bits per heavy atom. The fourth-order valence-electron chi connectivity index (χ4n) is 6.69. The molecule has 380 valence electrons. The summed E-state index contributed by atoms with van der Waals surface area (Å²) in [6.45, 7) is 10.2. The zero-order valence-corrected chi connectivity index (χ0v) is 43.7. The Morgan fingerprint density at radius 2 is 0.914 bits per heavy atom. The number of esters is 2. The Kier molecular flexibility index (Phi) is 22.1. The van der Waals surface area contributed by atoms with Gasteiger partial charge in [0, 0.05) is 26.1 Å². The molecule has 3 amide bonds. The summed E-state index contributed by atoms with van der Waals surface area (Å²) in [5.74, 6) is -1.53. The maximum absolute atomic E-state index is 13.5. The number of nitrogens with two attached hydrogens (primary N) is 1. The summed E-state index contributed by atoms with van der Waals surface area (Å²) in [7, 11) is 2.70. The summed E-state index contributed by atoms with van der Waals surface area (Å²) in [5, 5.41) is 18.4. The number of carboxylic acids is 1. The maximum atomic E-state index is 13.5. The molecule has 2 aliphatic rings. The second-order valence-electron chi connectivity index (χ2n) is 18.3. The van der Waals surface area contributed by atoms with Crippen molar-refractivity contribution in [2.75, 3.05) is 14.2 Å². The highest BCUT2D eigenvalue weighted by Gasteiger charge is 2.36. The number of carboxylic acid groups (broad SMARTS) is 1. The minimum absolute atomic E-state index is 0. The minimum Gasteiger partial charge on any atom is -0.479 e. The Hall–Kier alpha value is -5.29. The number of benzene rings is 4. The molecule has 0 saturated heterocycles. The standard InChI is InChI=1S/C25H28Cl2N2O5.C13H15Cl2NO4.C12H15NO2.ClH/c1-25(2,3)34-24(32)29-21(17-11-18(26)13-19(27)12-17)22(30)28-20(14-5-6-14)15-7-9-16(10-8-15)23(31)33-4;1-13(2,3)20-12(19)16-10(11(17)18)7-4-8(14)6-9(15)5-7;1-15-12(14)10-6-4-9(5-7-10)11(13)8-2-3-8;/h7-14,20-21H,5-6H2,1-4H3,(H,28,30)(H,29,32);4-6,10H,1-3H3,(H,16,19)(H,17,18);4-8,11H,2-3,13H2,1H3;1H/t20-,21?;;11-;/m1.1./s1. The van der Waals surface area contributed by atoms with Crippen LogP contribution in [0.15, 0.2) is 84.9 Å². The molecule has 6 rings (SSSR count). The van der Waals surface area contributed by atoms with E-state index in [1.165, 1.54) is 45.3 Å². The number of ether oxygens (including phenoxy) is 4. The molecule has 6 N–H and O–H groups in total. The lowest BCUT2D eigenvalue weighted by atomic mass is 9.99. The quantitative estimate of drug-likeness (QED) is 0.0623. The van der Waals surface area contributed by atoms with Gasteiger partial charge in [0.05, 0.1) is 31.4 Å². The van der Waals surface area contributed by atoms with Crippen LogP contribution in [0.25, 0.3) is 0 Å². The van der Waals surface area contributed by atoms with Gasteiger partial charge < -0.3 is 45.7 Å². The molecule has 4 aromatic carbocycles. The Bertz CT molecular complexity index is 2410. The molecule has 2 aliphatic carbocycles. The summed E-state index contributed by atoms with van der Waals surface area (Å²) in [5.41, 5.74) is 8.22. The number of rotatable bonds is 13. The van der Waals surface area contributed by atoms with Crippen LogP contribution in [0.2, 0.25) is 20.1 Å². The summed E-state index contributed by atoms with van der Waals surface area (Å²) in [4.78, 5) is 71.9. The van der Waals surface area contributed by atoms with Crippen LogP contribution in [0, 0.1) is 11.8 Å². The Labute approximate surface area is 434 Å². The minimum atomic E-state index is -1.29.